The fourth-order valence-electron chi connectivity index (χ4n) is 4.64. The van der Waals surface area contributed by atoms with E-state index in [1.807, 2.05) is 13.0 Å². The monoisotopic (exact) mass is 395 g/mol. The third-order valence-corrected chi connectivity index (χ3v) is 5.95. The number of aromatic nitrogens is 2. The molecule has 3 heterocycles. The van der Waals surface area contributed by atoms with Crippen molar-refractivity contribution in [1.29, 1.82) is 0 Å². The van der Waals surface area contributed by atoms with Crippen LogP contribution in [0.4, 0.5) is 15.9 Å². The Labute approximate surface area is 172 Å². The number of pyridine rings is 1. The van der Waals surface area contributed by atoms with Gasteiger partial charge in [0.15, 0.2) is 11.6 Å². The second-order valence-electron chi connectivity index (χ2n) is 7.99. The maximum Gasteiger partial charge on any atom is 0.167 e. The average molecular weight is 396 g/mol. The molecule has 0 radical (unpaired) electrons. The fourth-order valence-corrected chi connectivity index (χ4v) is 4.64. The van der Waals surface area contributed by atoms with Crippen LogP contribution in [0.2, 0.25) is 0 Å². The van der Waals surface area contributed by atoms with Gasteiger partial charge >= 0.3 is 0 Å². The Hall–Kier alpha value is -2.56. The Morgan fingerprint density at radius 2 is 1.93 bits per heavy atom. The lowest BCUT2D eigenvalue weighted by Crippen LogP contribution is -2.25. The van der Waals surface area contributed by atoms with Crippen LogP contribution in [0.25, 0.3) is 10.9 Å². The molecule has 2 aromatic heterocycles. The van der Waals surface area contributed by atoms with E-state index in [9.17, 15) is 4.39 Å². The van der Waals surface area contributed by atoms with Crippen molar-refractivity contribution in [2.45, 2.75) is 58.9 Å². The van der Waals surface area contributed by atoms with E-state index in [-0.39, 0.29) is 11.6 Å². The van der Waals surface area contributed by atoms with Crippen molar-refractivity contribution in [3.63, 3.8) is 0 Å². The van der Waals surface area contributed by atoms with E-state index in [0.717, 1.165) is 30.2 Å². The van der Waals surface area contributed by atoms with Crippen LogP contribution < -0.4 is 9.64 Å². The van der Waals surface area contributed by atoms with Crippen LogP contribution in [0.15, 0.2) is 30.5 Å². The smallest absolute Gasteiger partial charge is 0.167 e. The molecule has 0 aliphatic carbocycles. The first-order chi connectivity index (χ1) is 14.1. The Kier molecular flexibility index (Phi) is 5.48. The molecule has 0 atom stereocenters. The molecule has 154 valence electrons. The molecule has 0 N–H and O–H groups in total. The van der Waals surface area contributed by atoms with Gasteiger partial charge in [-0.25, -0.2) is 9.37 Å². The van der Waals surface area contributed by atoms with Crippen LogP contribution in [0.5, 0.6) is 5.75 Å². The van der Waals surface area contributed by atoms with Crippen LogP contribution in [-0.2, 0) is 6.42 Å². The third-order valence-electron chi connectivity index (χ3n) is 5.95. The average Bonchev–Trinajstić information content (AvgIpc) is 3.07. The van der Waals surface area contributed by atoms with E-state index in [2.05, 4.69) is 35.6 Å². The molecule has 0 saturated carbocycles. The molecular weight excluding hydrogens is 365 g/mol. The van der Waals surface area contributed by atoms with Crippen molar-refractivity contribution < 1.29 is 9.13 Å². The summed E-state index contributed by atoms with van der Waals surface area (Å²) >= 11 is 0. The van der Waals surface area contributed by atoms with E-state index in [4.69, 9.17) is 9.72 Å². The molecule has 0 spiro atoms. The predicted molar refractivity (Wildman–Crippen MR) is 117 cm³/mol. The molecular formula is C24H30FN3O. The van der Waals surface area contributed by atoms with Crippen molar-refractivity contribution in [3.8, 4) is 5.75 Å². The number of rotatable bonds is 7. The SMILES string of the molecule is CCCC(CCC)n1cc2c3c(nc(C)cc31)N(c1ccc(OC)c(F)c1)CC2. The summed E-state index contributed by atoms with van der Waals surface area (Å²) in [5, 5.41) is 1.22. The first-order valence-electron chi connectivity index (χ1n) is 10.7. The maximum atomic E-state index is 14.4. The zero-order valence-electron chi connectivity index (χ0n) is 17.8. The summed E-state index contributed by atoms with van der Waals surface area (Å²) in [4.78, 5) is 7.03. The molecule has 0 unspecified atom stereocenters. The van der Waals surface area contributed by atoms with Gasteiger partial charge in [0.05, 0.1) is 12.6 Å². The zero-order valence-corrected chi connectivity index (χ0v) is 17.8. The van der Waals surface area contributed by atoms with Crippen LogP contribution >= 0.6 is 0 Å². The number of methoxy groups -OCH3 is 1. The summed E-state index contributed by atoms with van der Waals surface area (Å²) in [7, 11) is 1.49. The van der Waals surface area contributed by atoms with Gasteiger partial charge < -0.3 is 14.2 Å². The molecule has 1 aliphatic heterocycles. The first-order valence-corrected chi connectivity index (χ1v) is 10.7. The minimum Gasteiger partial charge on any atom is -0.494 e. The molecule has 0 fully saturated rings. The lowest BCUT2D eigenvalue weighted by Gasteiger charge is -2.29. The number of hydrogen-bond acceptors (Lipinski definition) is 3. The summed E-state index contributed by atoms with van der Waals surface area (Å²) in [6.07, 6.45) is 7.99. The largest absolute Gasteiger partial charge is 0.494 e. The summed E-state index contributed by atoms with van der Waals surface area (Å²) in [5.74, 6) is 0.862. The normalized spacial score (nSPS) is 13.5. The molecule has 0 amide bonds. The summed E-state index contributed by atoms with van der Waals surface area (Å²) in [6.45, 7) is 7.35. The summed E-state index contributed by atoms with van der Waals surface area (Å²) in [6, 6.07) is 7.88. The van der Waals surface area contributed by atoms with E-state index < -0.39 is 0 Å². The maximum absolute atomic E-state index is 14.4. The molecule has 0 saturated heterocycles. The van der Waals surface area contributed by atoms with Crippen molar-refractivity contribution in [2.24, 2.45) is 0 Å². The highest BCUT2D eigenvalue weighted by molar-refractivity contribution is 5.97. The first kappa shape index (κ1) is 19.7. The molecule has 29 heavy (non-hydrogen) atoms. The van der Waals surface area contributed by atoms with Gasteiger partial charge in [-0.3, -0.25) is 0 Å². The molecule has 1 aromatic carbocycles. The minimum absolute atomic E-state index is 0.266. The highest BCUT2D eigenvalue weighted by Gasteiger charge is 2.27. The van der Waals surface area contributed by atoms with E-state index in [0.29, 0.717) is 6.04 Å². The van der Waals surface area contributed by atoms with E-state index in [1.54, 1.807) is 12.1 Å². The molecule has 3 aromatic rings. The Morgan fingerprint density at radius 3 is 2.59 bits per heavy atom. The van der Waals surface area contributed by atoms with Gasteiger partial charge in [-0.15, -0.1) is 0 Å². The summed E-state index contributed by atoms with van der Waals surface area (Å²) in [5.41, 5.74) is 4.42. The highest BCUT2D eigenvalue weighted by Crippen LogP contribution is 2.41. The van der Waals surface area contributed by atoms with E-state index in [1.165, 1.54) is 49.3 Å². The second kappa shape index (κ2) is 8.05. The summed E-state index contributed by atoms with van der Waals surface area (Å²) < 4.78 is 21.9. The quantitative estimate of drug-likeness (QED) is 0.468. The van der Waals surface area contributed by atoms with Crippen molar-refractivity contribution in [3.05, 3.63) is 47.5 Å². The topological polar surface area (TPSA) is 30.3 Å². The van der Waals surface area contributed by atoms with Gasteiger partial charge in [-0.2, -0.15) is 0 Å². The van der Waals surface area contributed by atoms with E-state index >= 15 is 0 Å². The third kappa shape index (κ3) is 3.47. The fraction of sp³-hybridized carbons (Fsp3) is 0.458. The molecule has 5 heteroatoms. The van der Waals surface area contributed by atoms with Gasteiger partial charge in [0.25, 0.3) is 0 Å². The van der Waals surface area contributed by atoms with Gasteiger partial charge in [0, 0.05) is 41.6 Å². The number of ether oxygens (including phenoxy) is 1. The number of halogens is 1. The van der Waals surface area contributed by atoms with Gasteiger partial charge in [0.1, 0.15) is 5.82 Å². The number of aryl methyl sites for hydroxylation is 1. The number of benzene rings is 1. The Balaban J connectivity index is 1.85. The number of hydrogen-bond donors (Lipinski definition) is 0. The minimum atomic E-state index is -0.344. The molecule has 1 aliphatic rings. The zero-order chi connectivity index (χ0) is 20.5. The molecule has 0 bridgehead atoms. The van der Waals surface area contributed by atoms with Gasteiger partial charge in [-0.1, -0.05) is 26.7 Å². The Bertz CT molecular complexity index is 1020. The van der Waals surface area contributed by atoms with Crippen LogP contribution in [0.3, 0.4) is 0 Å². The number of anilines is 2. The lowest BCUT2D eigenvalue weighted by molar-refractivity contribution is 0.386. The lowest BCUT2D eigenvalue weighted by atomic mass is 10.0. The van der Waals surface area contributed by atoms with Crippen molar-refractivity contribution in [2.75, 3.05) is 18.6 Å². The predicted octanol–water partition coefficient (Wildman–Crippen LogP) is 6.33. The van der Waals surface area contributed by atoms with Crippen molar-refractivity contribution >= 4 is 22.4 Å². The number of nitrogens with zero attached hydrogens (tertiary/aromatic N) is 3. The second-order valence-corrected chi connectivity index (χ2v) is 7.99. The molecule has 4 rings (SSSR count). The van der Waals surface area contributed by atoms with Crippen molar-refractivity contribution in [1.82, 2.24) is 9.55 Å². The standard InChI is InChI=1S/C24H30FN3O/c1-5-7-18(8-6-2)28-15-17-11-12-27(19-9-10-22(29-4)20(25)14-19)24-23(17)21(28)13-16(3)26-24/h9-10,13-15,18H,5-8,11-12H2,1-4H3. The van der Waals surface area contributed by atoms with Gasteiger partial charge in [0.2, 0.25) is 0 Å². The van der Waals surface area contributed by atoms with Crippen LogP contribution in [0, 0.1) is 12.7 Å². The molecule has 4 nitrogen and oxygen atoms in total. The van der Waals surface area contributed by atoms with Crippen LogP contribution in [0.1, 0.15) is 56.8 Å². The highest BCUT2D eigenvalue weighted by atomic mass is 19.1. The Morgan fingerprint density at radius 1 is 1.17 bits per heavy atom. The van der Waals surface area contributed by atoms with Crippen LogP contribution in [-0.4, -0.2) is 23.2 Å². The van der Waals surface area contributed by atoms with Gasteiger partial charge in [-0.05, 0) is 49.9 Å².